The summed E-state index contributed by atoms with van der Waals surface area (Å²) in [6.45, 7) is 4.23. The van der Waals surface area contributed by atoms with Gasteiger partial charge in [0.1, 0.15) is 0 Å². The van der Waals surface area contributed by atoms with Crippen molar-refractivity contribution in [3.8, 4) is 0 Å². The van der Waals surface area contributed by atoms with Gasteiger partial charge in [-0.3, -0.25) is 9.59 Å². The van der Waals surface area contributed by atoms with Crippen LogP contribution < -0.4 is 0 Å². The predicted octanol–water partition coefficient (Wildman–Crippen LogP) is 2.98. The third kappa shape index (κ3) is 5.69. The fraction of sp³-hybridized carbons (Fsp3) is 0.375. The van der Waals surface area contributed by atoms with Crippen LogP contribution in [0.25, 0.3) is 5.57 Å². The molecule has 0 fully saturated rings. The predicted molar refractivity (Wildman–Crippen MR) is 76.9 cm³/mol. The second-order valence-corrected chi connectivity index (χ2v) is 4.09. The molecule has 4 nitrogen and oxygen atoms in total. The van der Waals surface area contributed by atoms with E-state index in [0.29, 0.717) is 13.2 Å². The summed E-state index contributed by atoms with van der Waals surface area (Å²) in [5.41, 5.74) is 1.68. The number of hydrogen-bond donors (Lipinski definition) is 0. The first kappa shape index (κ1) is 16.0. The van der Waals surface area contributed by atoms with E-state index in [-0.39, 0.29) is 24.8 Å². The van der Waals surface area contributed by atoms with Crippen LogP contribution in [0.1, 0.15) is 32.3 Å². The highest BCUT2D eigenvalue weighted by Crippen LogP contribution is 2.19. The minimum Gasteiger partial charge on any atom is -0.466 e. The molecule has 20 heavy (non-hydrogen) atoms. The molecule has 1 rings (SSSR count). The molecule has 4 heteroatoms. The van der Waals surface area contributed by atoms with E-state index in [4.69, 9.17) is 9.47 Å². The first-order chi connectivity index (χ1) is 9.67. The Morgan fingerprint density at radius 2 is 1.60 bits per heavy atom. The number of esters is 2. The Morgan fingerprint density at radius 3 is 2.20 bits per heavy atom. The normalized spacial score (nSPS) is 11.0. The van der Waals surface area contributed by atoms with Crippen molar-refractivity contribution in [2.75, 3.05) is 13.2 Å². The molecule has 0 aliphatic carbocycles. The maximum absolute atomic E-state index is 11.6. The van der Waals surface area contributed by atoms with Crippen LogP contribution in [0.15, 0.2) is 36.4 Å². The summed E-state index contributed by atoms with van der Waals surface area (Å²) in [5.74, 6) is -0.601. The third-order valence-corrected chi connectivity index (χ3v) is 2.61. The molecule has 0 radical (unpaired) electrons. The van der Waals surface area contributed by atoms with Crippen LogP contribution in [0.4, 0.5) is 0 Å². The van der Waals surface area contributed by atoms with Gasteiger partial charge in [0.05, 0.1) is 26.1 Å². The molecule has 0 atom stereocenters. The molecule has 108 valence electrons. The van der Waals surface area contributed by atoms with Crippen molar-refractivity contribution in [1.82, 2.24) is 0 Å². The van der Waals surface area contributed by atoms with E-state index in [1.54, 1.807) is 19.9 Å². The highest BCUT2D eigenvalue weighted by Gasteiger charge is 2.10. The van der Waals surface area contributed by atoms with Crippen molar-refractivity contribution in [2.24, 2.45) is 0 Å². The summed E-state index contributed by atoms with van der Waals surface area (Å²) in [4.78, 5) is 23.0. The van der Waals surface area contributed by atoms with E-state index in [1.165, 1.54) is 0 Å². The Hall–Kier alpha value is -2.10. The van der Waals surface area contributed by atoms with E-state index in [0.717, 1.165) is 11.1 Å². The van der Waals surface area contributed by atoms with E-state index in [2.05, 4.69) is 0 Å². The molecule has 0 spiro atoms. The topological polar surface area (TPSA) is 52.6 Å². The van der Waals surface area contributed by atoms with Crippen LogP contribution in [-0.4, -0.2) is 25.2 Å². The molecule has 0 unspecified atom stereocenters. The van der Waals surface area contributed by atoms with Gasteiger partial charge in [-0.15, -0.1) is 0 Å². The Morgan fingerprint density at radius 1 is 1.00 bits per heavy atom. The van der Waals surface area contributed by atoms with Gasteiger partial charge in [-0.2, -0.15) is 0 Å². The van der Waals surface area contributed by atoms with Crippen LogP contribution in [0.3, 0.4) is 0 Å². The molecule has 0 amide bonds. The summed E-state index contributed by atoms with van der Waals surface area (Å²) in [6, 6.07) is 9.47. The van der Waals surface area contributed by atoms with Crippen molar-refractivity contribution in [3.63, 3.8) is 0 Å². The lowest BCUT2D eigenvalue weighted by Gasteiger charge is -2.08. The molecular formula is C16H20O4. The van der Waals surface area contributed by atoms with Gasteiger partial charge in [0.2, 0.25) is 0 Å². The molecule has 1 aromatic rings. The van der Waals surface area contributed by atoms with Gasteiger partial charge in [-0.05, 0) is 25.0 Å². The maximum atomic E-state index is 11.6. The van der Waals surface area contributed by atoms with Gasteiger partial charge < -0.3 is 9.47 Å². The fourth-order valence-electron chi connectivity index (χ4n) is 1.74. The highest BCUT2D eigenvalue weighted by atomic mass is 16.5. The van der Waals surface area contributed by atoms with Gasteiger partial charge in [0, 0.05) is 0 Å². The first-order valence-electron chi connectivity index (χ1n) is 6.73. The van der Waals surface area contributed by atoms with Crippen LogP contribution >= 0.6 is 0 Å². The average molecular weight is 276 g/mol. The SMILES string of the molecule is CCOC(=O)CC=C(CC(=O)OCC)c1ccccc1. The van der Waals surface area contributed by atoms with Gasteiger partial charge >= 0.3 is 11.9 Å². The number of carbonyl (C=O) groups excluding carboxylic acids is 2. The monoisotopic (exact) mass is 276 g/mol. The van der Waals surface area contributed by atoms with Gasteiger partial charge in [-0.25, -0.2) is 0 Å². The fourth-order valence-corrected chi connectivity index (χ4v) is 1.74. The number of benzene rings is 1. The van der Waals surface area contributed by atoms with Crippen molar-refractivity contribution in [3.05, 3.63) is 42.0 Å². The zero-order valence-corrected chi connectivity index (χ0v) is 11.9. The van der Waals surface area contributed by atoms with Gasteiger partial charge in [0.25, 0.3) is 0 Å². The molecule has 0 N–H and O–H groups in total. The second kappa shape index (κ2) is 8.91. The quantitative estimate of drug-likeness (QED) is 0.718. The Balaban J connectivity index is 2.81. The lowest BCUT2D eigenvalue weighted by Crippen LogP contribution is -2.06. The van der Waals surface area contributed by atoms with Crippen LogP contribution in [0, 0.1) is 0 Å². The van der Waals surface area contributed by atoms with E-state index < -0.39 is 0 Å². The summed E-state index contributed by atoms with van der Waals surface area (Å²) >= 11 is 0. The Labute approximate surface area is 119 Å². The lowest BCUT2D eigenvalue weighted by molar-refractivity contribution is -0.143. The molecule has 0 aliphatic heterocycles. The van der Waals surface area contributed by atoms with E-state index in [9.17, 15) is 9.59 Å². The van der Waals surface area contributed by atoms with Crippen LogP contribution in [-0.2, 0) is 19.1 Å². The average Bonchev–Trinajstić information content (AvgIpc) is 2.45. The number of carbonyl (C=O) groups is 2. The summed E-state index contributed by atoms with van der Waals surface area (Å²) in [5, 5.41) is 0. The Kier molecular flexibility index (Phi) is 7.11. The summed E-state index contributed by atoms with van der Waals surface area (Å²) in [6.07, 6.45) is 2.03. The van der Waals surface area contributed by atoms with Crippen molar-refractivity contribution >= 4 is 17.5 Å². The van der Waals surface area contributed by atoms with E-state index in [1.807, 2.05) is 30.3 Å². The number of ether oxygens (including phenoxy) is 2. The highest BCUT2D eigenvalue weighted by molar-refractivity contribution is 5.86. The number of rotatable bonds is 7. The zero-order chi connectivity index (χ0) is 14.8. The third-order valence-electron chi connectivity index (χ3n) is 2.61. The molecular weight excluding hydrogens is 256 g/mol. The molecule has 0 saturated heterocycles. The first-order valence-corrected chi connectivity index (χ1v) is 6.73. The minimum atomic E-state index is -0.301. The second-order valence-electron chi connectivity index (χ2n) is 4.09. The zero-order valence-electron chi connectivity index (χ0n) is 11.9. The molecule has 1 aromatic carbocycles. The molecule has 0 aliphatic rings. The van der Waals surface area contributed by atoms with E-state index >= 15 is 0 Å². The minimum absolute atomic E-state index is 0.150. The van der Waals surface area contributed by atoms with Crippen molar-refractivity contribution < 1.29 is 19.1 Å². The van der Waals surface area contributed by atoms with Crippen LogP contribution in [0.2, 0.25) is 0 Å². The lowest BCUT2D eigenvalue weighted by atomic mass is 10.0. The summed E-state index contributed by atoms with van der Waals surface area (Å²) < 4.78 is 9.83. The number of hydrogen-bond acceptors (Lipinski definition) is 4. The van der Waals surface area contributed by atoms with Crippen molar-refractivity contribution in [2.45, 2.75) is 26.7 Å². The largest absolute Gasteiger partial charge is 0.466 e. The van der Waals surface area contributed by atoms with Crippen LogP contribution in [0.5, 0.6) is 0 Å². The molecule has 0 bridgehead atoms. The van der Waals surface area contributed by atoms with Crippen molar-refractivity contribution in [1.29, 1.82) is 0 Å². The van der Waals surface area contributed by atoms with Gasteiger partial charge in [0.15, 0.2) is 0 Å². The molecule has 0 heterocycles. The molecule has 0 saturated carbocycles. The standard InChI is InChI=1S/C16H20O4/c1-3-19-15(17)11-10-14(12-16(18)20-4-2)13-8-6-5-7-9-13/h5-10H,3-4,11-12H2,1-2H3. The Bertz CT molecular complexity index is 463. The smallest absolute Gasteiger partial charge is 0.310 e. The maximum Gasteiger partial charge on any atom is 0.310 e. The molecule has 0 aromatic heterocycles. The van der Waals surface area contributed by atoms with Gasteiger partial charge in [-0.1, -0.05) is 36.4 Å². The summed E-state index contributed by atoms with van der Waals surface area (Å²) in [7, 11) is 0.